The number of anilines is 1. The van der Waals surface area contributed by atoms with Gasteiger partial charge in [0.2, 0.25) is 5.91 Å². The van der Waals surface area contributed by atoms with Crippen molar-refractivity contribution in [3.05, 3.63) is 29.8 Å². The highest BCUT2D eigenvalue weighted by atomic mass is 16.5. The van der Waals surface area contributed by atoms with Crippen LogP contribution in [0.1, 0.15) is 25.3 Å². The van der Waals surface area contributed by atoms with E-state index in [-0.39, 0.29) is 11.9 Å². The first-order chi connectivity index (χ1) is 8.69. The molecule has 0 unspecified atom stereocenters. The summed E-state index contributed by atoms with van der Waals surface area (Å²) in [4.78, 5) is 11.8. The van der Waals surface area contributed by atoms with Crippen LogP contribution in [0, 0.1) is 0 Å². The molecule has 1 aromatic rings. The molecule has 1 aromatic carbocycles. The van der Waals surface area contributed by atoms with E-state index in [2.05, 4.69) is 5.32 Å². The fourth-order valence-electron chi connectivity index (χ4n) is 2.20. The summed E-state index contributed by atoms with van der Waals surface area (Å²) in [5.74, 6) is 0.0350. The number of benzene rings is 1. The summed E-state index contributed by atoms with van der Waals surface area (Å²) in [5, 5.41) is 3.01. The Bertz CT molecular complexity index is 414. The van der Waals surface area contributed by atoms with Gasteiger partial charge in [-0.05, 0) is 31.4 Å². The maximum absolute atomic E-state index is 11.8. The Morgan fingerprint density at radius 3 is 2.83 bits per heavy atom. The molecule has 0 heterocycles. The first-order valence-electron chi connectivity index (χ1n) is 6.43. The molecule has 3 N–H and O–H groups in total. The number of hydrogen-bond acceptors (Lipinski definition) is 3. The van der Waals surface area contributed by atoms with Crippen molar-refractivity contribution >= 4 is 11.6 Å². The molecular formula is C14H20N2O2. The van der Waals surface area contributed by atoms with Crippen LogP contribution in [-0.2, 0) is 16.0 Å². The molecule has 1 fully saturated rings. The van der Waals surface area contributed by atoms with Crippen LogP contribution in [0.4, 0.5) is 5.69 Å². The maximum atomic E-state index is 11.8. The Kier molecular flexibility index (Phi) is 4.20. The van der Waals surface area contributed by atoms with Gasteiger partial charge in [0.1, 0.15) is 0 Å². The average molecular weight is 248 g/mol. The molecule has 1 amide bonds. The van der Waals surface area contributed by atoms with Crippen LogP contribution in [-0.4, -0.2) is 24.7 Å². The van der Waals surface area contributed by atoms with Gasteiger partial charge in [-0.2, -0.15) is 0 Å². The van der Waals surface area contributed by atoms with Crippen LogP contribution >= 0.6 is 0 Å². The maximum Gasteiger partial charge on any atom is 0.224 e. The number of nitrogens with one attached hydrogen (secondary N) is 1. The van der Waals surface area contributed by atoms with Gasteiger partial charge in [-0.1, -0.05) is 18.2 Å². The van der Waals surface area contributed by atoms with Crippen molar-refractivity contribution in [2.75, 3.05) is 12.3 Å². The van der Waals surface area contributed by atoms with E-state index >= 15 is 0 Å². The van der Waals surface area contributed by atoms with Gasteiger partial charge in [0.25, 0.3) is 0 Å². The minimum Gasteiger partial charge on any atom is -0.398 e. The van der Waals surface area contributed by atoms with E-state index in [4.69, 9.17) is 10.5 Å². The molecule has 18 heavy (non-hydrogen) atoms. The van der Waals surface area contributed by atoms with E-state index in [1.165, 1.54) is 0 Å². The predicted molar refractivity (Wildman–Crippen MR) is 71.1 cm³/mol. The largest absolute Gasteiger partial charge is 0.398 e. The standard InChI is InChI=1S/C14H20N2O2/c1-2-18-12-8-11(9-12)16-14(17)7-10-5-3-4-6-13(10)15/h3-6,11-12H,2,7-9,15H2,1H3,(H,16,17). The lowest BCUT2D eigenvalue weighted by atomic mass is 9.89. The molecule has 2 rings (SSSR count). The number of amides is 1. The molecule has 0 aliphatic heterocycles. The fourth-order valence-corrected chi connectivity index (χ4v) is 2.20. The van der Waals surface area contributed by atoms with Crippen LogP contribution in [0.15, 0.2) is 24.3 Å². The smallest absolute Gasteiger partial charge is 0.224 e. The molecule has 1 aliphatic rings. The zero-order valence-electron chi connectivity index (χ0n) is 10.7. The molecule has 98 valence electrons. The number of rotatable bonds is 5. The third-order valence-electron chi connectivity index (χ3n) is 3.27. The van der Waals surface area contributed by atoms with Crippen molar-refractivity contribution in [1.82, 2.24) is 5.32 Å². The lowest BCUT2D eigenvalue weighted by Crippen LogP contribution is -2.48. The molecular weight excluding hydrogens is 228 g/mol. The minimum absolute atomic E-state index is 0.0350. The summed E-state index contributed by atoms with van der Waals surface area (Å²) in [6.07, 6.45) is 2.51. The normalized spacial score (nSPS) is 22.3. The van der Waals surface area contributed by atoms with Gasteiger partial charge in [0.05, 0.1) is 12.5 Å². The van der Waals surface area contributed by atoms with Crippen LogP contribution in [0.3, 0.4) is 0 Å². The van der Waals surface area contributed by atoms with Crippen LogP contribution in [0.5, 0.6) is 0 Å². The highest BCUT2D eigenvalue weighted by molar-refractivity contribution is 5.80. The number of carbonyl (C=O) groups excluding carboxylic acids is 1. The number of nitrogens with two attached hydrogens (primary N) is 1. The third-order valence-corrected chi connectivity index (χ3v) is 3.27. The Balaban J connectivity index is 1.75. The predicted octanol–water partition coefficient (Wildman–Crippen LogP) is 1.49. The topological polar surface area (TPSA) is 64.3 Å². The van der Waals surface area contributed by atoms with Crippen molar-refractivity contribution in [1.29, 1.82) is 0 Å². The van der Waals surface area contributed by atoms with Gasteiger partial charge in [0, 0.05) is 18.3 Å². The number of para-hydroxylation sites is 1. The minimum atomic E-state index is 0.0350. The zero-order chi connectivity index (χ0) is 13.0. The van der Waals surface area contributed by atoms with E-state index < -0.39 is 0 Å². The average Bonchev–Trinajstić information content (AvgIpc) is 2.29. The number of nitrogen functional groups attached to an aromatic ring is 1. The molecule has 1 saturated carbocycles. The van der Waals surface area contributed by atoms with E-state index in [0.29, 0.717) is 18.2 Å². The van der Waals surface area contributed by atoms with Crippen molar-refractivity contribution in [3.8, 4) is 0 Å². The Hall–Kier alpha value is -1.55. The highest BCUT2D eigenvalue weighted by Gasteiger charge is 2.30. The molecule has 0 spiro atoms. The second-order valence-corrected chi connectivity index (χ2v) is 4.69. The van der Waals surface area contributed by atoms with Gasteiger partial charge in [0.15, 0.2) is 0 Å². The van der Waals surface area contributed by atoms with E-state index in [9.17, 15) is 4.79 Å². The number of ether oxygens (including phenoxy) is 1. The van der Waals surface area contributed by atoms with Crippen molar-refractivity contribution in [2.45, 2.75) is 38.3 Å². The van der Waals surface area contributed by atoms with Crippen molar-refractivity contribution in [3.63, 3.8) is 0 Å². The van der Waals surface area contributed by atoms with Gasteiger partial charge in [-0.3, -0.25) is 4.79 Å². The van der Waals surface area contributed by atoms with Crippen LogP contribution in [0.2, 0.25) is 0 Å². The van der Waals surface area contributed by atoms with E-state index in [1.807, 2.05) is 31.2 Å². The van der Waals surface area contributed by atoms with E-state index in [0.717, 1.165) is 25.0 Å². The second-order valence-electron chi connectivity index (χ2n) is 4.69. The Morgan fingerprint density at radius 2 is 2.17 bits per heavy atom. The summed E-state index contributed by atoms with van der Waals surface area (Å²) in [7, 11) is 0. The molecule has 0 radical (unpaired) electrons. The molecule has 0 atom stereocenters. The fraction of sp³-hybridized carbons (Fsp3) is 0.500. The van der Waals surface area contributed by atoms with Crippen LogP contribution < -0.4 is 11.1 Å². The Labute approximate surface area is 108 Å². The number of hydrogen-bond donors (Lipinski definition) is 2. The second kappa shape index (κ2) is 5.87. The van der Waals surface area contributed by atoms with Gasteiger partial charge < -0.3 is 15.8 Å². The first-order valence-corrected chi connectivity index (χ1v) is 6.43. The lowest BCUT2D eigenvalue weighted by molar-refractivity contribution is -0.123. The molecule has 1 aliphatic carbocycles. The SMILES string of the molecule is CCOC1CC(NC(=O)Cc2ccccc2N)C1. The molecule has 0 aromatic heterocycles. The lowest BCUT2D eigenvalue weighted by Gasteiger charge is -2.35. The summed E-state index contributed by atoms with van der Waals surface area (Å²) >= 11 is 0. The molecule has 4 nitrogen and oxygen atoms in total. The van der Waals surface area contributed by atoms with Crippen molar-refractivity contribution < 1.29 is 9.53 Å². The summed E-state index contributed by atoms with van der Waals surface area (Å²) in [6, 6.07) is 7.73. The zero-order valence-corrected chi connectivity index (χ0v) is 10.7. The summed E-state index contributed by atoms with van der Waals surface area (Å²) < 4.78 is 5.46. The van der Waals surface area contributed by atoms with Crippen LogP contribution in [0.25, 0.3) is 0 Å². The van der Waals surface area contributed by atoms with Gasteiger partial charge in [-0.15, -0.1) is 0 Å². The quantitative estimate of drug-likeness (QED) is 0.776. The first kappa shape index (κ1) is 12.9. The molecule has 0 bridgehead atoms. The molecule has 4 heteroatoms. The van der Waals surface area contributed by atoms with E-state index in [1.54, 1.807) is 0 Å². The third kappa shape index (κ3) is 3.23. The van der Waals surface area contributed by atoms with Gasteiger partial charge >= 0.3 is 0 Å². The van der Waals surface area contributed by atoms with Gasteiger partial charge in [-0.25, -0.2) is 0 Å². The molecule has 0 saturated heterocycles. The highest BCUT2D eigenvalue weighted by Crippen LogP contribution is 2.23. The summed E-state index contributed by atoms with van der Waals surface area (Å²) in [5.41, 5.74) is 7.37. The monoisotopic (exact) mass is 248 g/mol. The number of carbonyl (C=O) groups is 1. The van der Waals surface area contributed by atoms with Crippen molar-refractivity contribution in [2.24, 2.45) is 0 Å². The Morgan fingerprint density at radius 1 is 1.44 bits per heavy atom. The summed E-state index contributed by atoms with van der Waals surface area (Å²) in [6.45, 7) is 2.73.